The van der Waals surface area contributed by atoms with Gasteiger partial charge in [0.25, 0.3) is 0 Å². The lowest BCUT2D eigenvalue weighted by Gasteiger charge is -2.10. The monoisotopic (exact) mass is 322 g/mol. The number of rotatable bonds is 4. The molecular weight excluding hydrogens is 304 g/mol. The highest BCUT2D eigenvalue weighted by atomic mass is 16.2. The highest BCUT2D eigenvalue weighted by Crippen LogP contribution is 2.21. The molecule has 3 aromatic rings. The van der Waals surface area contributed by atoms with E-state index in [1.807, 2.05) is 50.2 Å². The van der Waals surface area contributed by atoms with E-state index in [9.17, 15) is 4.79 Å². The number of hydrogen-bond donors (Lipinski definition) is 2. The van der Waals surface area contributed by atoms with Crippen molar-refractivity contribution < 1.29 is 4.79 Å². The lowest BCUT2D eigenvalue weighted by atomic mass is 10.1. The van der Waals surface area contributed by atoms with E-state index in [1.54, 1.807) is 6.07 Å². The van der Waals surface area contributed by atoms with E-state index in [4.69, 9.17) is 5.73 Å². The van der Waals surface area contributed by atoms with Crippen LogP contribution in [-0.4, -0.2) is 26.1 Å². The van der Waals surface area contributed by atoms with Crippen molar-refractivity contribution in [2.24, 2.45) is 0 Å². The Morgan fingerprint density at radius 3 is 2.54 bits per heavy atom. The number of nitrogen functional groups attached to an aromatic ring is 1. The Labute approximate surface area is 139 Å². The maximum atomic E-state index is 12.2. The summed E-state index contributed by atoms with van der Waals surface area (Å²) in [4.78, 5) is 13.5. The molecule has 7 heteroatoms. The van der Waals surface area contributed by atoms with Crippen LogP contribution in [0.2, 0.25) is 0 Å². The van der Waals surface area contributed by atoms with Crippen molar-refractivity contribution in [2.75, 3.05) is 11.1 Å². The lowest BCUT2D eigenvalue weighted by molar-refractivity contribution is -0.117. The predicted molar refractivity (Wildman–Crippen MR) is 92.2 cm³/mol. The lowest BCUT2D eigenvalue weighted by Crippen LogP contribution is -2.21. The molecule has 0 aliphatic heterocycles. The Kier molecular flexibility index (Phi) is 4.24. The molecule has 0 atom stereocenters. The molecule has 0 spiro atoms. The van der Waals surface area contributed by atoms with Crippen LogP contribution < -0.4 is 11.1 Å². The van der Waals surface area contributed by atoms with Gasteiger partial charge in [0, 0.05) is 16.9 Å². The second-order valence-electron chi connectivity index (χ2n) is 5.55. The van der Waals surface area contributed by atoms with Crippen LogP contribution in [-0.2, 0) is 11.3 Å². The summed E-state index contributed by atoms with van der Waals surface area (Å²) in [7, 11) is 0. The number of carbonyl (C=O) groups excluding carboxylic acids is 1. The minimum absolute atomic E-state index is 0.0203. The second-order valence-corrected chi connectivity index (χ2v) is 5.55. The molecule has 24 heavy (non-hydrogen) atoms. The maximum absolute atomic E-state index is 12.2. The van der Waals surface area contributed by atoms with Crippen molar-refractivity contribution in [1.82, 2.24) is 20.2 Å². The molecular formula is C17H18N6O. The molecule has 3 rings (SSSR count). The largest absolute Gasteiger partial charge is 0.398 e. The van der Waals surface area contributed by atoms with Crippen molar-refractivity contribution in [3.8, 4) is 11.4 Å². The van der Waals surface area contributed by atoms with Crippen LogP contribution in [0, 0.1) is 13.8 Å². The number of nitrogens with two attached hydrogens (primary N) is 1. The third kappa shape index (κ3) is 3.24. The minimum Gasteiger partial charge on any atom is -0.398 e. The number of anilines is 2. The molecule has 1 amide bonds. The van der Waals surface area contributed by atoms with E-state index in [0.717, 1.165) is 16.8 Å². The topological polar surface area (TPSA) is 98.7 Å². The van der Waals surface area contributed by atoms with Gasteiger partial charge in [-0.15, -0.1) is 10.2 Å². The SMILES string of the molecule is Cc1cccc(C)c1NC(=O)Cn1nnc(-c2ccccc2N)n1. The van der Waals surface area contributed by atoms with E-state index in [2.05, 4.69) is 20.7 Å². The number of aryl methyl sites for hydroxylation is 2. The molecule has 0 aliphatic rings. The number of para-hydroxylation sites is 2. The van der Waals surface area contributed by atoms with Crippen LogP contribution in [0.25, 0.3) is 11.4 Å². The summed E-state index contributed by atoms with van der Waals surface area (Å²) >= 11 is 0. The molecule has 122 valence electrons. The van der Waals surface area contributed by atoms with E-state index < -0.39 is 0 Å². The standard InChI is InChI=1S/C17H18N6O/c1-11-6-5-7-12(2)16(11)19-15(24)10-23-21-17(20-22-23)13-8-3-4-9-14(13)18/h3-9H,10,18H2,1-2H3,(H,19,24). The Hall–Kier alpha value is -3.22. The van der Waals surface area contributed by atoms with Gasteiger partial charge in [-0.25, -0.2) is 0 Å². The Bertz CT molecular complexity index is 866. The molecule has 3 N–H and O–H groups in total. The highest BCUT2D eigenvalue weighted by Gasteiger charge is 2.12. The van der Waals surface area contributed by atoms with Gasteiger partial charge in [0.1, 0.15) is 6.54 Å². The van der Waals surface area contributed by atoms with Gasteiger partial charge in [-0.1, -0.05) is 30.3 Å². The van der Waals surface area contributed by atoms with Gasteiger partial charge in [-0.2, -0.15) is 4.80 Å². The van der Waals surface area contributed by atoms with Crippen molar-refractivity contribution in [2.45, 2.75) is 20.4 Å². The molecule has 0 fully saturated rings. The molecule has 0 bridgehead atoms. The van der Waals surface area contributed by atoms with Gasteiger partial charge in [0.05, 0.1) is 0 Å². The fraction of sp³-hybridized carbons (Fsp3) is 0.176. The molecule has 0 unspecified atom stereocenters. The average Bonchev–Trinajstić information content (AvgIpc) is 3.00. The number of aromatic nitrogens is 4. The van der Waals surface area contributed by atoms with Gasteiger partial charge < -0.3 is 11.1 Å². The van der Waals surface area contributed by atoms with E-state index in [0.29, 0.717) is 17.1 Å². The molecule has 0 saturated carbocycles. The quantitative estimate of drug-likeness (QED) is 0.717. The molecule has 0 radical (unpaired) electrons. The van der Waals surface area contributed by atoms with Gasteiger partial charge in [-0.3, -0.25) is 4.79 Å². The third-order valence-corrected chi connectivity index (χ3v) is 3.69. The minimum atomic E-state index is -0.211. The number of nitrogens with one attached hydrogen (secondary N) is 1. The van der Waals surface area contributed by atoms with Gasteiger partial charge in [0.2, 0.25) is 11.7 Å². The number of hydrogen-bond acceptors (Lipinski definition) is 5. The fourth-order valence-corrected chi connectivity index (χ4v) is 2.44. The van der Waals surface area contributed by atoms with Crippen molar-refractivity contribution in [3.05, 3.63) is 53.6 Å². The first kappa shape index (κ1) is 15.7. The molecule has 0 aliphatic carbocycles. The third-order valence-electron chi connectivity index (χ3n) is 3.69. The molecule has 0 saturated heterocycles. The van der Waals surface area contributed by atoms with Crippen LogP contribution in [0.1, 0.15) is 11.1 Å². The first-order valence-electron chi connectivity index (χ1n) is 7.53. The number of carbonyl (C=O) groups is 1. The maximum Gasteiger partial charge on any atom is 0.248 e. The zero-order valence-corrected chi connectivity index (χ0v) is 13.5. The summed E-state index contributed by atoms with van der Waals surface area (Å²) < 4.78 is 0. The molecule has 1 aromatic heterocycles. The predicted octanol–water partition coefficient (Wildman–Crippen LogP) is 2.18. The molecule has 2 aromatic carbocycles. The zero-order chi connectivity index (χ0) is 17.1. The van der Waals surface area contributed by atoms with Crippen LogP contribution in [0.3, 0.4) is 0 Å². The van der Waals surface area contributed by atoms with Crippen molar-refractivity contribution >= 4 is 17.3 Å². The summed E-state index contributed by atoms with van der Waals surface area (Å²) in [6.07, 6.45) is 0. The van der Waals surface area contributed by atoms with Gasteiger partial charge in [-0.05, 0) is 42.3 Å². The Morgan fingerprint density at radius 1 is 1.12 bits per heavy atom. The number of tetrazole rings is 1. The first-order valence-corrected chi connectivity index (χ1v) is 7.53. The average molecular weight is 322 g/mol. The first-order chi connectivity index (χ1) is 11.5. The molecule has 7 nitrogen and oxygen atoms in total. The van der Waals surface area contributed by atoms with E-state index in [-0.39, 0.29) is 12.5 Å². The fourth-order valence-electron chi connectivity index (χ4n) is 2.44. The van der Waals surface area contributed by atoms with Crippen LogP contribution >= 0.6 is 0 Å². The van der Waals surface area contributed by atoms with Crippen molar-refractivity contribution in [3.63, 3.8) is 0 Å². The normalized spacial score (nSPS) is 10.6. The zero-order valence-electron chi connectivity index (χ0n) is 13.5. The summed E-state index contributed by atoms with van der Waals surface area (Å²) in [5.74, 6) is 0.186. The van der Waals surface area contributed by atoms with Crippen LogP contribution in [0.4, 0.5) is 11.4 Å². The van der Waals surface area contributed by atoms with E-state index in [1.165, 1.54) is 4.80 Å². The van der Waals surface area contributed by atoms with E-state index >= 15 is 0 Å². The Balaban J connectivity index is 1.73. The van der Waals surface area contributed by atoms with Crippen molar-refractivity contribution in [1.29, 1.82) is 0 Å². The number of benzene rings is 2. The summed E-state index contributed by atoms with van der Waals surface area (Å²) in [5, 5.41) is 15.0. The van der Waals surface area contributed by atoms with Gasteiger partial charge in [0.15, 0.2) is 0 Å². The van der Waals surface area contributed by atoms with Crippen LogP contribution in [0.15, 0.2) is 42.5 Å². The summed E-state index contributed by atoms with van der Waals surface area (Å²) in [6, 6.07) is 13.1. The highest BCUT2D eigenvalue weighted by molar-refractivity contribution is 5.92. The number of amides is 1. The Morgan fingerprint density at radius 2 is 1.83 bits per heavy atom. The summed E-state index contributed by atoms with van der Waals surface area (Å²) in [5.41, 5.74) is 9.99. The second kappa shape index (κ2) is 6.49. The summed E-state index contributed by atoms with van der Waals surface area (Å²) in [6.45, 7) is 3.88. The van der Waals surface area contributed by atoms with Crippen LogP contribution in [0.5, 0.6) is 0 Å². The molecule has 1 heterocycles. The number of nitrogens with zero attached hydrogens (tertiary/aromatic N) is 4. The van der Waals surface area contributed by atoms with Gasteiger partial charge >= 0.3 is 0 Å². The smallest absolute Gasteiger partial charge is 0.248 e.